The standard InChI is InChI=1S/C18H20N8O2/c1-23-16(27)11-15(12-19-23)24-7-9-25(10-8-24)17(28)13-26-21-18(20-22-26)14-5-3-2-4-6-14/h2-6,11-12H,7-10,13H2,1H3. The van der Waals surface area contributed by atoms with Crippen LogP contribution < -0.4 is 10.5 Å². The minimum atomic E-state index is -0.150. The molecule has 0 spiro atoms. The first kappa shape index (κ1) is 17.8. The quantitative estimate of drug-likeness (QED) is 0.617. The van der Waals surface area contributed by atoms with Gasteiger partial charge in [-0.05, 0) is 5.21 Å². The number of nitrogens with zero attached hydrogens (tertiary/aromatic N) is 8. The van der Waals surface area contributed by atoms with Crippen molar-refractivity contribution in [2.24, 2.45) is 7.05 Å². The van der Waals surface area contributed by atoms with Crippen molar-refractivity contribution in [2.45, 2.75) is 6.54 Å². The molecular formula is C18H20N8O2. The smallest absolute Gasteiger partial charge is 0.268 e. The summed E-state index contributed by atoms with van der Waals surface area (Å²) in [5.74, 6) is 0.440. The third-order valence-electron chi connectivity index (χ3n) is 4.71. The molecule has 1 fully saturated rings. The molecule has 0 aliphatic carbocycles. The molecule has 10 heteroatoms. The van der Waals surface area contributed by atoms with E-state index in [-0.39, 0.29) is 18.0 Å². The Bertz CT molecular complexity index is 1020. The highest BCUT2D eigenvalue weighted by atomic mass is 16.2. The van der Waals surface area contributed by atoms with Gasteiger partial charge in [0.05, 0.1) is 11.9 Å². The highest BCUT2D eigenvalue weighted by Gasteiger charge is 2.22. The molecule has 1 amide bonds. The Labute approximate surface area is 161 Å². The van der Waals surface area contributed by atoms with E-state index in [1.165, 1.54) is 9.48 Å². The van der Waals surface area contributed by atoms with Gasteiger partial charge in [0.1, 0.15) is 6.54 Å². The summed E-state index contributed by atoms with van der Waals surface area (Å²) in [6.45, 7) is 2.46. The van der Waals surface area contributed by atoms with E-state index < -0.39 is 0 Å². The zero-order valence-electron chi connectivity index (χ0n) is 15.5. The lowest BCUT2D eigenvalue weighted by molar-refractivity contribution is -0.132. The van der Waals surface area contributed by atoms with Gasteiger partial charge in [-0.1, -0.05) is 30.3 Å². The van der Waals surface area contributed by atoms with Gasteiger partial charge in [0.25, 0.3) is 5.56 Å². The molecule has 0 saturated carbocycles. The number of benzene rings is 1. The second kappa shape index (κ2) is 7.59. The predicted molar refractivity (Wildman–Crippen MR) is 102 cm³/mol. The molecule has 4 rings (SSSR count). The van der Waals surface area contributed by atoms with Crippen molar-refractivity contribution < 1.29 is 4.79 Å². The van der Waals surface area contributed by atoms with Crippen molar-refractivity contribution in [3.63, 3.8) is 0 Å². The summed E-state index contributed by atoms with van der Waals surface area (Å²) in [5, 5.41) is 16.3. The van der Waals surface area contributed by atoms with Crippen molar-refractivity contribution in [1.29, 1.82) is 0 Å². The molecular weight excluding hydrogens is 360 g/mol. The molecule has 1 saturated heterocycles. The van der Waals surface area contributed by atoms with E-state index in [0.29, 0.717) is 32.0 Å². The first-order chi connectivity index (χ1) is 13.6. The van der Waals surface area contributed by atoms with Crippen molar-refractivity contribution >= 4 is 11.6 Å². The number of tetrazole rings is 1. The van der Waals surface area contributed by atoms with Gasteiger partial charge in [-0.15, -0.1) is 10.2 Å². The first-order valence-electron chi connectivity index (χ1n) is 8.99. The van der Waals surface area contributed by atoms with Gasteiger partial charge in [-0.3, -0.25) is 9.59 Å². The van der Waals surface area contributed by atoms with E-state index >= 15 is 0 Å². The molecule has 0 unspecified atom stereocenters. The number of piperazine rings is 1. The van der Waals surface area contributed by atoms with E-state index in [2.05, 4.69) is 25.4 Å². The highest BCUT2D eigenvalue weighted by Crippen LogP contribution is 2.14. The maximum atomic E-state index is 12.6. The highest BCUT2D eigenvalue weighted by molar-refractivity contribution is 5.76. The van der Waals surface area contributed by atoms with Gasteiger partial charge < -0.3 is 9.80 Å². The van der Waals surface area contributed by atoms with Gasteiger partial charge in [-0.2, -0.15) is 9.90 Å². The van der Waals surface area contributed by atoms with Crippen LogP contribution in [0.3, 0.4) is 0 Å². The van der Waals surface area contributed by atoms with Gasteiger partial charge in [0.15, 0.2) is 0 Å². The van der Waals surface area contributed by atoms with Gasteiger partial charge >= 0.3 is 0 Å². The molecule has 1 aliphatic heterocycles. The summed E-state index contributed by atoms with van der Waals surface area (Å²) in [6, 6.07) is 11.1. The van der Waals surface area contributed by atoms with Crippen LogP contribution in [0.1, 0.15) is 0 Å². The molecule has 144 valence electrons. The summed E-state index contributed by atoms with van der Waals surface area (Å²) in [6.07, 6.45) is 1.67. The van der Waals surface area contributed by atoms with Crippen molar-refractivity contribution in [3.8, 4) is 11.4 Å². The normalized spacial score (nSPS) is 14.3. The Morgan fingerprint density at radius 1 is 1.11 bits per heavy atom. The number of anilines is 1. The third-order valence-corrected chi connectivity index (χ3v) is 4.71. The van der Waals surface area contributed by atoms with Crippen LogP contribution in [0.2, 0.25) is 0 Å². The maximum Gasteiger partial charge on any atom is 0.268 e. The number of carbonyl (C=O) groups excluding carboxylic acids is 1. The van der Waals surface area contributed by atoms with Gasteiger partial charge in [0.2, 0.25) is 11.7 Å². The minimum absolute atomic E-state index is 0.0489. The molecule has 1 aliphatic rings. The number of hydrogen-bond donors (Lipinski definition) is 0. The number of rotatable bonds is 4. The van der Waals surface area contributed by atoms with Crippen LogP contribution in [-0.2, 0) is 18.4 Å². The molecule has 3 heterocycles. The largest absolute Gasteiger partial charge is 0.367 e. The van der Waals surface area contributed by atoms with Crippen LogP contribution in [0, 0.1) is 0 Å². The van der Waals surface area contributed by atoms with E-state index in [4.69, 9.17) is 0 Å². The minimum Gasteiger partial charge on any atom is -0.367 e. The molecule has 0 atom stereocenters. The first-order valence-corrected chi connectivity index (χ1v) is 8.99. The second-order valence-electron chi connectivity index (χ2n) is 6.55. The summed E-state index contributed by atoms with van der Waals surface area (Å²) in [7, 11) is 1.62. The fraction of sp³-hybridized carbons (Fsp3) is 0.333. The number of carbonyl (C=O) groups is 1. The molecule has 10 nitrogen and oxygen atoms in total. The zero-order chi connectivity index (χ0) is 19.5. The Morgan fingerprint density at radius 2 is 1.86 bits per heavy atom. The van der Waals surface area contributed by atoms with E-state index in [1.54, 1.807) is 24.2 Å². The third kappa shape index (κ3) is 3.75. The van der Waals surface area contributed by atoms with Crippen molar-refractivity contribution in [2.75, 3.05) is 31.1 Å². The Balaban J connectivity index is 1.35. The molecule has 0 radical (unpaired) electrons. The zero-order valence-corrected chi connectivity index (χ0v) is 15.5. The fourth-order valence-electron chi connectivity index (χ4n) is 3.08. The monoisotopic (exact) mass is 380 g/mol. The lowest BCUT2D eigenvalue weighted by Crippen LogP contribution is -2.50. The number of aromatic nitrogens is 6. The molecule has 3 aromatic rings. The lowest BCUT2D eigenvalue weighted by Gasteiger charge is -2.35. The second-order valence-corrected chi connectivity index (χ2v) is 6.55. The Kier molecular flexibility index (Phi) is 4.83. The predicted octanol–water partition coefficient (Wildman–Crippen LogP) is -0.217. The van der Waals surface area contributed by atoms with Crippen LogP contribution >= 0.6 is 0 Å². The summed E-state index contributed by atoms with van der Waals surface area (Å²) in [5.41, 5.74) is 1.49. The van der Waals surface area contributed by atoms with Crippen LogP contribution in [0.15, 0.2) is 47.4 Å². The van der Waals surface area contributed by atoms with Crippen molar-refractivity contribution in [3.05, 3.63) is 52.9 Å². The van der Waals surface area contributed by atoms with Crippen LogP contribution in [0.5, 0.6) is 0 Å². The summed E-state index contributed by atoms with van der Waals surface area (Å²) < 4.78 is 1.29. The maximum absolute atomic E-state index is 12.6. The van der Waals surface area contributed by atoms with E-state index in [9.17, 15) is 9.59 Å². The molecule has 2 aromatic heterocycles. The average Bonchev–Trinajstić information content (AvgIpc) is 3.19. The lowest BCUT2D eigenvalue weighted by atomic mass is 10.2. The van der Waals surface area contributed by atoms with E-state index in [1.807, 2.05) is 30.3 Å². The van der Waals surface area contributed by atoms with E-state index in [0.717, 1.165) is 11.3 Å². The van der Waals surface area contributed by atoms with Crippen molar-refractivity contribution in [1.82, 2.24) is 34.9 Å². The molecule has 0 bridgehead atoms. The number of hydrogen-bond acceptors (Lipinski definition) is 7. The molecule has 0 N–H and O–H groups in total. The van der Waals surface area contributed by atoms with Crippen LogP contribution in [0.4, 0.5) is 5.69 Å². The summed E-state index contributed by atoms with van der Waals surface area (Å²) >= 11 is 0. The SMILES string of the molecule is Cn1ncc(N2CCN(C(=O)Cn3nnc(-c4ccccc4)n3)CC2)cc1=O. The molecule has 1 aromatic carbocycles. The van der Waals surface area contributed by atoms with Crippen LogP contribution in [-0.4, -0.2) is 67.0 Å². The van der Waals surface area contributed by atoms with Crippen LogP contribution in [0.25, 0.3) is 11.4 Å². The van der Waals surface area contributed by atoms with Gasteiger partial charge in [0, 0.05) is 44.9 Å². The average molecular weight is 380 g/mol. The fourth-order valence-corrected chi connectivity index (χ4v) is 3.08. The Morgan fingerprint density at radius 3 is 2.57 bits per heavy atom. The summed E-state index contributed by atoms with van der Waals surface area (Å²) in [4.78, 5) is 29.5. The van der Waals surface area contributed by atoms with Gasteiger partial charge in [-0.25, -0.2) is 4.68 Å². The number of aryl methyl sites for hydroxylation is 1. The molecule has 28 heavy (non-hydrogen) atoms. The Hall–Kier alpha value is -3.56. The topological polar surface area (TPSA) is 102 Å². The number of amides is 1.